The van der Waals surface area contributed by atoms with Gasteiger partial charge in [-0.15, -0.1) is 0 Å². The molecule has 1 aliphatic rings. The number of nitrogens with one attached hydrogen (secondary N) is 1. The quantitative estimate of drug-likeness (QED) is 0.774. The monoisotopic (exact) mass is 325 g/mol. The maximum Gasteiger partial charge on any atom is 0.258 e. The van der Waals surface area contributed by atoms with Gasteiger partial charge >= 0.3 is 0 Å². The highest BCUT2D eigenvalue weighted by molar-refractivity contribution is 5.60. The molecule has 0 radical (unpaired) electrons. The smallest absolute Gasteiger partial charge is 0.258 e. The third-order valence-corrected chi connectivity index (χ3v) is 4.37. The molecule has 0 saturated carbocycles. The molecule has 4 rings (SSSR count). The largest absolute Gasteiger partial charge is 0.334 e. The Morgan fingerprint density at radius 1 is 1.33 bits per heavy atom. The van der Waals surface area contributed by atoms with Crippen LogP contribution in [0.5, 0.6) is 0 Å². The number of hydrogen-bond donors (Lipinski definition) is 1. The van der Waals surface area contributed by atoms with Crippen molar-refractivity contribution in [2.75, 3.05) is 26.7 Å². The van der Waals surface area contributed by atoms with Crippen molar-refractivity contribution in [1.82, 2.24) is 35.1 Å². The zero-order chi connectivity index (χ0) is 16.5. The average molecular weight is 325 g/mol. The molecule has 1 aliphatic heterocycles. The standard InChI is InChI=1S/C16H19N7O/c1-11-7-12(23-10-18-9-19-23)3-4-13(11)16-20-15(21-24-16)14-8-17-5-6-22(14)2/h3-4,7,9-10,14,17H,5-6,8H2,1-2H3. The van der Waals surface area contributed by atoms with Gasteiger partial charge in [-0.25, -0.2) is 9.67 Å². The lowest BCUT2D eigenvalue weighted by atomic mass is 10.1. The van der Waals surface area contributed by atoms with Crippen LogP contribution in [0.3, 0.4) is 0 Å². The minimum atomic E-state index is 0.144. The fourth-order valence-corrected chi connectivity index (χ4v) is 2.95. The van der Waals surface area contributed by atoms with Crippen LogP contribution >= 0.6 is 0 Å². The fourth-order valence-electron chi connectivity index (χ4n) is 2.95. The van der Waals surface area contributed by atoms with E-state index < -0.39 is 0 Å². The van der Waals surface area contributed by atoms with Crippen LogP contribution < -0.4 is 5.32 Å². The van der Waals surface area contributed by atoms with Gasteiger partial charge in [-0.2, -0.15) is 10.1 Å². The Kier molecular flexibility index (Phi) is 3.83. The number of benzene rings is 1. The van der Waals surface area contributed by atoms with E-state index in [9.17, 15) is 0 Å². The normalized spacial score (nSPS) is 18.8. The van der Waals surface area contributed by atoms with Crippen molar-refractivity contribution >= 4 is 0 Å². The van der Waals surface area contributed by atoms with Crippen LogP contribution in [-0.2, 0) is 0 Å². The van der Waals surface area contributed by atoms with Gasteiger partial charge in [-0.3, -0.25) is 4.90 Å². The van der Waals surface area contributed by atoms with E-state index in [1.807, 2.05) is 25.1 Å². The molecule has 1 fully saturated rings. The summed E-state index contributed by atoms with van der Waals surface area (Å²) in [7, 11) is 2.08. The van der Waals surface area contributed by atoms with E-state index in [0.717, 1.165) is 42.3 Å². The first-order valence-corrected chi connectivity index (χ1v) is 7.93. The Morgan fingerprint density at radius 2 is 2.25 bits per heavy atom. The summed E-state index contributed by atoms with van der Waals surface area (Å²) in [6.07, 6.45) is 3.19. The summed E-state index contributed by atoms with van der Waals surface area (Å²) < 4.78 is 7.23. The van der Waals surface area contributed by atoms with E-state index in [2.05, 4.69) is 37.5 Å². The van der Waals surface area contributed by atoms with Gasteiger partial charge in [0.25, 0.3) is 5.89 Å². The molecule has 2 aromatic heterocycles. The Labute approximate surface area is 139 Å². The predicted molar refractivity (Wildman–Crippen MR) is 87.6 cm³/mol. The Morgan fingerprint density at radius 3 is 3.00 bits per heavy atom. The SMILES string of the molecule is Cc1cc(-n2cncn2)ccc1-c1nc(C2CNCCN2C)no1. The van der Waals surface area contributed by atoms with Crippen molar-refractivity contribution < 1.29 is 4.52 Å². The van der Waals surface area contributed by atoms with Gasteiger partial charge in [-0.1, -0.05) is 5.16 Å². The molecule has 3 aromatic rings. The molecule has 0 amide bonds. The van der Waals surface area contributed by atoms with Gasteiger partial charge in [-0.05, 0) is 37.7 Å². The maximum atomic E-state index is 5.51. The zero-order valence-electron chi connectivity index (χ0n) is 13.7. The molecule has 8 nitrogen and oxygen atoms in total. The molecule has 0 aliphatic carbocycles. The van der Waals surface area contributed by atoms with E-state index in [1.54, 1.807) is 11.0 Å². The summed E-state index contributed by atoms with van der Waals surface area (Å²) in [4.78, 5) is 10.8. The molecule has 0 spiro atoms. The third kappa shape index (κ3) is 2.70. The van der Waals surface area contributed by atoms with Gasteiger partial charge in [0.1, 0.15) is 12.7 Å². The molecular weight excluding hydrogens is 306 g/mol. The topological polar surface area (TPSA) is 84.9 Å². The highest BCUT2D eigenvalue weighted by atomic mass is 16.5. The van der Waals surface area contributed by atoms with Gasteiger partial charge in [0, 0.05) is 25.2 Å². The van der Waals surface area contributed by atoms with Crippen LogP contribution in [0.2, 0.25) is 0 Å². The van der Waals surface area contributed by atoms with Crippen molar-refractivity contribution in [3.05, 3.63) is 42.2 Å². The van der Waals surface area contributed by atoms with Crippen LogP contribution in [-0.4, -0.2) is 56.5 Å². The molecule has 1 unspecified atom stereocenters. The molecule has 1 atom stereocenters. The summed E-state index contributed by atoms with van der Waals surface area (Å²) >= 11 is 0. The van der Waals surface area contributed by atoms with Crippen molar-refractivity contribution in [3.63, 3.8) is 0 Å². The summed E-state index contributed by atoms with van der Waals surface area (Å²) in [6.45, 7) is 4.81. The highest BCUT2D eigenvalue weighted by Gasteiger charge is 2.25. The average Bonchev–Trinajstić information content (AvgIpc) is 3.27. The number of rotatable bonds is 3. The molecule has 1 N–H and O–H groups in total. The minimum Gasteiger partial charge on any atom is -0.334 e. The Balaban J connectivity index is 1.62. The summed E-state index contributed by atoms with van der Waals surface area (Å²) in [5, 5.41) is 11.7. The second-order valence-electron chi connectivity index (χ2n) is 6.00. The van der Waals surface area contributed by atoms with Crippen LogP contribution in [0.1, 0.15) is 17.4 Å². The first kappa shape index (κ1) is 15.0. The maximum absolute atomic E-state index is 5.51. The molecule has 24 heavy (non-hydrogen) atoms. The van der Waals surface area contributed by atoms with E-state index >= 15 is 0 Å². The van der Waals surface area contributed by atoms with Crippen molar-refractivity contribution in [3.8, 4) is 17.1 Å². The summed E-state index contributed by atoms with van der Waals surface area (Å²) in [5.74, 6) is 1.27. The van der Waals surface area contributed by atoms with Crippen LogP contribution in [0.25, 0.3) is 17.1 Å². The second-order valence-corrected chi connectivity index (χ2v) is 6.00. The first-order chi connectivity index (χ1) is 11.7. The number of likely N-dealkylation sites (N-methyl/N-ethyl adjacent to an activating group) is 1. The summed E-state index contributed by atoms with van der Waals surface area (Å²) in [6, 6.07) is 6.12. The first-order valence-electron chi connectivity index (χ1n) is 7.93. The number of hydrogen-bond acceptors (Lipinski definition) is 7. The molecule has 124 valence electrons. The van der Waals surface area contributed by atoms with Gasteiger partial charge in [0.2, 0.25) is 0 Å². The third-order valence-electron chi connectivity index (χ3n) is 4.37. The minimum absolute atomic E-state index is 0.144. The van der Waals surface area contributed by atoms with E-state index in [-0.39, 0.29) is 6.04 Å². The molecule has 1 saturated heterocycles. The van der Waals surface area contributed by atoms with E-state index in [4.69, 9.17) is 4.52 Å². The summed E-state index contributed by atoms with van der Waals surface area (Å²) in [5.41, 5.74) is 2.93. The highest BCUT2D eigenvalue weighted by Crippen LogP contribution is 2.26. The molecule has 1 aromatic carbocycles. The fraction of sp³-hybridized carbons (Fsp3) is 0.375. The van der Waals surface area contributed by atoms with Crippen LogP contribution in [0.4, 0.5) is 0 Å². The predicted octanol–water partition coefficient (Wildman–Crippen LogP) is 1.20. The van der Waals surface area contributed by atoms with Gasteiger partial charge in [0.15, 0.2) is 5.82 Å². The van der Waals surface area contributed by atoms with Gasteiger partial charge in [0.05, 0.1) is 11.7 Å². The number of nitrogens with zero attached hydrogens (tertiary/aromatic N) is 6. The van der Waals surface area contributed by atoms with Crippen LogP contribution in [0.15, 0.2) is 35.4 Å². The lowest BCUT2D eigenvalue weighted by molar-refractivity contribution is 0.190. The van der Waals surface area contributed by atoms with E-state index in [1.165, 1.54) is 6.33 Å². The number of piperazine rings is 1. The van der Waals surface area contributed by atoms with Crippen molar-refractivity contribution in [2.45, 2.75) is 13.0 Å². The lowest BCUT2D eigenvalue weighted by Crippen LogP contribution is -2.44. The Hall–Kier alpha value is -2.58. The molecule has 0 bridgehead atoms. The molecular formula is C16H19N7O. The Bertz CT molecular complexity index is 827. The van der Waals surface area contributed by atoms with Gasteiger partial charge < -0.3 is 9.84 Å². The number of aromatic nitrogens is 5. The lowest BCUT2D eigenvalue weighted by Gasteiger charge is -2.30. The van der Waals surface area contributed by atoms with Crippen LogP contribution in [0, 0.1) is 6.92 Å². The second kappa shape index (κ2) is 6.14. The zero-order valence-corrected chi connectivity index (χ0v) is 13.7. The van der Waals surface area contributed by atoms with Crippen molar-refractivity contribution in [2.24, 2.45) is 0 Å². The van der Waals surface area contributed by atoms with E-state index in [0.29, 0.717) is 5.89 Å². The van der Waals surface area contributed by atoms with Crippen molar-refractivity contribution in [1.29, 1.82) is 0 Å². The molecule has 3 heterocycles. The number of aryl methyl sites for hydroxylation is 1. The molecule has 8 heteroatoms.